The van der Waals surface area contributed by atoms with Crippen LogP contribution >= 0.6 is 23.4 Å². The summed E-state index contributed by atoms with van der Waals surface area (Å²) in [4.78, 5) is 23.8. The monoisotopic (exact) mass is 370 g/mol. The van der Waals surface area contributed by atoms with E-state index in [0.717, 1.165) is 48.0 Å². The second kappa shape index (κ2) is 6.96. The molecule has 8 heteroatoms. The summed E-state index contributed by atoms with van der Waals surface area (Å²) in [7, 11) is 0. The molecule has 2 aliphatic heterocycles. The van der Waals surface area contributed by atoms with Gasteiger partial charge in [-0.15, -0.1) is 11.8 Å². The molecule has 1 fully saturated rings. The molecule has 3 heterocycles. The molecule has 1 amide bonds. The molecule has 0 aliphatic carbocycles. The Morgan fingerprint density at radius 2 is 2.21 bits per heavy atom. The number of hydrogen-bond acceptors (Lipinski definition) is 6. The lowest BCUT2D eigenvalue weighted by molar-refractivity contribution is 0.0206. The number of nitrogens with zero attached hydrogens (tertiary/aromatic N) is 3. The van der Waals surface area contributed by atoms with Gasteiger partial charge in [0, 0.05) is 31.3 Å². The van der Waals surface area contributed by atoms with Crippen LogP contribution in [0.5, 0.6) is 0 Å². The number of aryl methyl sites for hydroxylation is 1. The molecule has 0 spiro atoms. The van der Waals surface area contributed by atoms with Crippen molar-refractivity contribution in [2.24, 2.45) is 0 Å². The maximum atomic E-state index is 12.3. The molecule has 2 aliphatic rings. The Labute approximate surface area is 151 Å². The van der Waals surface area contributed by atoms with E-state index in [2.05, 4.69) is 15.3 Å². The third-order valence-corrected chi connectivity index (χ3v) is 5.20. The number of anilines is 1. The summed E-state index contributed by atoms with van der Waals surface area (Å²) in [5.41, 5.74) is 0.539. The summed E-state index contributed by atoms with van der Waals surface area (Å²) in [6, 6.07) is 0.141. The third-order valence-electron chi connectivity index (χ3n) is 3.91. The van der Waals surface area contributed by atoms with Crippen LogP contribution in [-0.2, 0) is 11.2 Å². The van der Waals surface area contributed by atoms with E-state index in [4.69, 9.17) is 16.3 Å². The number of nitrogens with one attached hydrogen (secondary N) is 1. The van der Waals surface area contributed by atoms with Gasteiger partial charge in [0.1, 0.15) is 11.4 Å². The van der Waals surface area contributed by atoms with Crippen LogP contribution in [-0.4, -0.2) is 51.4 Å². The second-order valence-corrected chi connectivity index (χ2v) is 8.57. The molecule has 6 nitrogen and oxygen atoms in total. The SMILES string of the molecule is CC(C)(C)OC(=O)N1CCCC(Nc2nc(Cl)nc3c2SCC3)C1. The van der Waals surface area contributed by atoms with E-state index in [1.54, 1.807) is 16.7 Å². The Hall–Kier alpha value is -1.21. The topological polar surface area (TPSA) is 67.3 Å². The van der Waals surface area contributed by atoms with Crippen molar-refractivity contribution in [3.63, 3.8) is 0 Å². The molecular weight excluding hydrogens is 348 g/mol. The highest BCUT2D eigenvalue weighted by atomic mass is 35.5. The van der Waals surface area contributed by atoms with Crippen LogP contribution < -0.4 is 5.32 Å². The van der Waals surface area contributed by atoms with Gasteiger partial charge in [0.2, 0.25) is 5.28 Å². The molecule has 24 heavy (non-hydrogen) atoms. The molecule has 0 radical (unpaired) electrons. The van der Waals surface area contributed by atoms with Crippen LogP contribution in [0.25, 0.3) is 0 Å². The molecule has 1 aromatic heterocycles. The van der Waals surface area contributed by atoms with Gasteiger partial charge in [-0.2, -0.15) is 4.98 Å². The number of ether oxygens (including phenoxy) is 1. The largest absolute Gasteiger partial charge is 0.444 e. The summed E-state index contributed by atoms with van der Waals surface area (Å²) in [5, 5.41) is 3.74. The average molecular weight is 371 g/mol. The number of hydrogen-bond donors (Lipinski definition) is 1. The van der Waals surface area contributed by atoms with Gasteiger partial charge in [-0.25, -0.2) is 9.78 Å². The normalized spacial score (nSPS) is 20.7. The molecular formula is C16H23ClN4O2S. The summed E-state index contributed by atoms with van der Waals surface area (Å²) >= 11 is 7.80. The molecule has 3 rings (SSSR count). The van der Waals surface area contributed by atoms with Crippen molar-refractivity contribution in [3.8, 4) is 0 Å². The number of thioether (sulfide) groups is 1. The fourth-order valence-electron chi connectivity index (χ4n) is 2.92. The van der Waals surface area contributed by atoms with Crippen LogP contribution in [0.1, 0.15) is 39.3 Å². The van der Waals surface area contributed by atoms with Crippen molar-refractivity contribution >= 4 is 35.3 Å². The van der Waals surface area contributed by atoms with Crippen LogP contribution in [0.3, 0.4) is 0 Å². The average Bonchev–Trinajstić information content (AvgIpc) is 2.94. The third kappa shape index (κ3) is 4.25. The van der Waals surface area contributed by atoms with Crippen molar-refractivity contribution in [1.82, 2.24) is 14.9 Å². The molecule has 1 unspecified atom stereocenters. The molecule has 1 aromatic rings. The number of rotatable bonds is 2. The summed E-state index contributed by atoms with van der Waals surface area (Å²) in [6.45, 7) is 6.98. The van der Waals surface area contributed by atoms with Gasteiger partial charge in [-0.1, -0.05) is 0 Å². The quantitative estimate of drug-likeness (QED) is 0.802. The first-order valence-corrected chi connectivity index (χ1v) is 9.62. The number of aromatic nitrogens is 2. The maximum absolute atomic E-state index is 12.3. The van der Waals surface area contributed by atoms with Crippen molar-refractivity contribution in [3.05, 3.63) is 11.0 Å². The van der Waals surface area contributed by atoms with Crippen LogP contribution in [0.15, 0.2) is 4.90 Å². The van der Waals surface area contributed by atoms with Crippen LogP contribution in [0.2, 0.25) is 5.28 Å². The highest BCUT2D eigenvalue weighted by molar-refractivity contribution is 7.99. The zero-order valence-electron chi connectivity index (χ0n) is 14.3. The van der Waals surface area contributed by atoms with Gasteiger partial charge in [0.25, 0.3) is 0 Å². The van der Waals surface area contributed by atoms with Crippen molar-refractivity contribution in [1.29, 1.82) is 0 Å². The standard InChI is InChI=1S/C16H23ClN4O2S/c1-16(2,3)23-15(22)21-7-4-5-10(9-21)18-13-12-11(6-8-24-12)19-14(17)20-13/h10H,4-9H2,1-3H3,(H,18,19,20). The first kappa shape index (κ1) is 17.6. The van der Waals surface area contributed by atoms with E-state index < -0.39 is 5.60 Å². The number of carbonyl (C=O) groups excluding carboxylic acids is 1. The van der Waals surface area contributed by atoms with Crippen molar-refractivity contribution in [2.45, 2.75) is 56.6 Å². The summed E-state index contributed by atoms with van der Waals surface area (Å²) in [5.74, 6) is 1.80. The molecule has 0 aromatic carbocycles. The molecule has 0 saturated carbocycles. The number of halogens is 1. The number of fused-ring (bicyclic) bond motifs is 1. The smallest absolute Gasteiger partial charge is 0.410 e. The van der Waals surface area contributed by atoms with Gasteiger partial charge in [-0.3, -0.25) is 0 Å². The molecule has 0 bridgehead atoms. The number of amides is 1. The molecule has 1 N–H and O–H groups in total. The van der Waals surface area contributed by atoms with E-state index >= 15 is 0 Å². The Balaban J connectivity index is 1.67. The van der Waals surface area contributed by atoms with E-state index in [0.29, 0.717) is 6.54 Å². The number of carbonyl (C=O) groups is 1. The molecule has 132 valence electrons. The van der Waals surface area contributed by atoms with Crippen LogP contribution in [0, 0.1) is 0 Å². The highest BCUT2D eigenvalue weighted by Crippen LogP contribution is 2.36. The lowest BCUT2D eigenvalue weighted by Gasteiger charge is -2.34. The fraction of sp³-hybridized carbons (Fsp3) is 0.688. The van der Waals surface area contributed by atoms with Crippen LogP contribution in [0.4, 0.5) is 10.6 Å². The summed E-state index contributed by atoms with van der Waals surface area (Å²) < 4.78 is 5.48. The van der Waals surface area contributed by atoms with Gasteiger partial charge < -0.3 is 15.0 Å². The van der Waals surface area contributed by atoms with E-state index in [9.17, 15) is 4.79 Å². The highest BCUT2D eigenvalue weighted by Gasteiger charge is 2.29. The zero-order valence-corrected chi connectivity index (χ0v) is 15.8. The van der Waals surface area contributed by atoms with Gasteiger partial charge >= 0.3 is 6.09 Å². The Morgan fingerprint density at radius 1 is 1.42 bits per heavy atom. The van der Waals surface area contributed by atoms with Gasteiger partial charge in [-0.05, 0) is 45.2 Å². The van der Waals surface area contributed by atoms with Crippen molar-refractivity contribution in [2.75, 3.05) is 24.2 Å². The van der Waals surface area contributed by atoms with Gasteiger partial charge in [0.15, 0.2) is 0 Å². The number of likely N-dealkylation sites (tertiary alicyclic amines) is 1. The minimum absolute atomic E-state index is 0.141. The maximum Gasteiger partial charge on any atom is 0.410 e. The zero-order chi connectivity index (χ0) is 17.3. The lowest BCUT2D eigenvalue weighted by atomic mass is 10.1. The predicted molar refractivity (Wildman–Crippen MR) is 95.9 cm³/mol. The van der Waals surface area contributed by atoms with E-state index in [1.807, 2.05) is 20.8 Å². The minimum Gasteiger partial charge on any atom is -0.444 e. The number of piperidine rings is 1. The first-order chi connectivity index (χ1) is 11.3. The Bertz CT molecular complexity index is 635. The fourth-order valence-corrected chi connectivity index (χ4v) is 4.16. The van der Waals surface area contributed by atoms with Crippen molar-refractivity contribution < 1.29 is 9.53 Å². The molecule has 1 atom stereocenters. The molecule has 1 saturated heterocycles. The van der Waals surface area contributed by atoms with E-state index in [-0.39, 0.29) is 17.4 Å². The second-order valence-electron chi connectivity index (χ2n) is 7.13. The predicted octanol–water partition coefficient (Wildman–Crippen LogP) is 3.59. The Kier molecular flexibility index (Phi) is 5.11. The lowest BCUT2D eigenvalue weighted by Crippen LogP contribution is -2.47. The van der Waals surface area contributed by atoms with Gasteiger partial charge in [0.05, 0.1) is 10.6 Å². The Morgan fingerprint density at radius 3 is 2.96 bits per heavy atom. The summed E-state index contributed by atoms with van der Waals surface area (Å²) in [6.07, 6.45) is 2.59. The first-order valence-electron chi connectivity index (χ1n) is 8.25. The van der Waals surface area contributed by atoms with E-state index in [1.165, 1.54) is 0 Å². The minimum atomic E-state index is -0.477.